The zero-order valence-electron chi connectivity index (χ0n) is 16.6. The first kappa shape index (κ1) is 20.4. The lowest BCUT2D eigenvalue weighted by Crippen LogP contribution is -2.35. The number of benzene rings is 2. The Balaban J connectivity index is 1.95. The molecule has 0 spiro atoms. The number of aliphatic hydroxyl groups is 1. The van der Waals surface area contributed by atoms with Crippen LogP contribution in [0.25, 0.3) is 0 Å². The highest BCUT2D eigenvalue weighted by Crippen LogP contribution is 2.47. The predicted octanol–water partition coefficient (Wildman–Crippen LogP) is 5.77. The molecule has 0 amide bonds. The van der Waals surface area contributed by atoms with Gasteiger partial charge in [0.15, 0.2) is 0 Å². The Morgan fingerprint density at radius 3 is 2.63 bits per heavy atom. The van der Waals surface area contributed by atoms with E-state index < -0.39 is 5.60 Å². The number of hydrogen-bond donors (Lipinski definition) is 1. The molecule has 1 aliphatic carbocycles. The van der Waals surface area contributed by atoms with Crippen LogP contribution in [0.5, 0.6) is 0 Å². The van der Waals surface area contributed by atoms with E-state index in [0.717, 1.165) is 67.9 Å². The van der Waals surface area contributed by atoms with Crippen LogP contribution in [0.15, 0.2) is 48.5 Å². The van der Waals surface area contributed by atoms with Gasteiger partial charge in [-0.15, -0.1) is 0 Å². The van der Waals surface area contributed by atoms with Crippen LogP contribution >= 0.6 is 11.6 Å². The molecule has 0 radical (unpaired) electrons. The predicted molar refractivity (Wildman–Crippen MR) is 114 cm³/mol. The summed E-state index contributed by atoms with van der Waals surface area (Å²) >= 11 is 6.29. The van der Waals surface area contributed by atoms with E-state index in [2.05, 4.69) is 49.1 Å². The molecule has 0 aliphatic heterocycles. The average Bonchev–Trinajstić information content (AvgIpc) is 2.82. The van der Waals surface area contributed by atoms with E-state index in [1.165, 1.54) is 5.56 Å². The third-order valence-electron chi connectivity index (χ3n) is 6.18. The van der Waals surface area contributed by atoms with Crippen LogP contribution in [0.4, 0.5) is 0 Å². The SMILES string of the molecule is CCN(CC)CCC[C@]1(O)c2ccccc2CCC[C@@H]1c1cccc(Cl)c1. The summed E-state index contributed by atoms with van der Waals surface area (Å²) in [7, 11) is 0. The average molecular weight is 386 g/mol. The number of aryl methyl sites for hydroxylation is 1. The van der Waals surface area contributed by atoms with Crippen LogP contribution in [-0.4, -0.2) is 29.6 Å². The summed E-state index contributed by atoms with van der Waals surface area (Å²) in [5, 5.41) is 12.9. The summed E-state index contributed by atoms with van der Waals surface area (Å²) in [5.74, 6) is 0.0801. The summed E-state index contributed by atoms with van der Waals surface area (Å²) in [5.41, 5.74) is 2.73. The Morgan fingerprint density at radius 2 is 1.89 bits per heavy atom. The summed E-state index contributed by atoms with van der Waals surface area (Å²) < 4.78 is 0. The molecule has 0 fully saturated rings. The van der Waals surface area contributed by atoms with Gasteiger partial charge in [-0.1, -0.05) is 61.8 Å². The van der Waals surface area contributed by atoms with Gasteiger partial charge >= 0.3 is 0 Å². The van der Waals surface area contributed by atoms with E-state index in [-0.39, 0.29) is 5.92 Å². The molecule has 1 aliphatic rings. The first-order valence-corrected chi connectivity index (χ1v) is 10.7. The second-order valence-corrected chi connectivity index (χ2v) is 8.15. The van der Waals surface area contributed by atoms with Crippen molar-refractivity contribution >= 4 is 11.6 Å². The lowest BCUT2D eigenvalue weighted by Gasteiger charge is -2.37. The molecule has 2 aromatic rings. The molecule has 2 atom stereocenters. The first-order valence-electron chi connectivity index (χ1n) is 10.4. The van der Waals surface area contributed by atoms with Gasteiger partial charge in [-0.05, 0) is 80.6 Å². The van der Waals surface area contributed by atoms with E-state index in [1.54, 1.807) is 0 Å². The van der Waals surface area contributed by atoms with E-state index in [0.29, 0.717) is 0 Å². The van der Waals surface area contributed by atoms with Crippen molar-refractivity contribution in [3.63, 3.8) is 0 Å². The van der Waals surface area contributed by atoms with Crippen molar-refractivity contribution in [3.8, 4) is 0 Å². The third kappa shape index (κ3) is 4.56. The van der Waals surface area contributed by atoms with Gasteiger partial charge in [0.1, 0.15) is 0 Å². The van der Waals surface area contributed by atoms with E-state index in [4.69, 9.17) is 11.6 Å². The van der Waals surface area contributed by atoms with Crippen LogP contribution < -0.4 is 0 Å². The van der Waals surface area contributed by atoms with Crippen molar-refractivity contribution in [2.45, 2.75) is 57.5 Å². The van der Waals surface area contributed by atoms with Gasteiger partial charge in [-0.3, -0.25) is 0 Å². The Kier molecular flexibility index (Phi) is 6.97. The fraction of sp³-hybridized carbons (Fsp3) is 0.500. The van der Waals surface area contributed by atoms with Crippen molar-refractivity contribution in [2.75, 3.05) is 19.6 Å². The van der Waals surface area contributed by atoms with Crippen LogP contribution in [0.2, 0.25) is 5.02 Å². The highest BCUT2D eigenvalue weighted by atomic mass is 35.5. The smallest absolute Gasteiger partial charge is 0.0967 e. The number of hydrogen-bond acceptors (Lipinski definition) is 2. The van der Waals surface area contributed by atoms with Crippen molar-refractivity contribution in [1.29, 1.82) is 0 Å². The molecule has 1 N–H and O–H groups in total. The monoisotopic (exact) mass is 385 g/mol. The fourth-order valence-corrected chi connectivity index (χ4v) is 4.87. The molecule has 3 rings (SSSR count). The Bertz CT molecular complexity index is 743. The zero-order chi connectivity index (χ0) is 19.3. The standard InChI is InChI=1S/C24H32ClNO/c1-3-26(4-2)17-9-16-24(27)22-14-6-5-10-19(22)11-8-15-23(24)20-12-7-13-21(25)18-20/h5-7,10,12-14,18,23,27H,3-4,8-9,11,15-17H2,1-2H3/t23-,24+/m1/s1. The van der Waals surface area contributed by atoms with Gasteiger partial charge in [0.2, 0.25) is 0 Å². The summed E-state index contributed by atoms with van der Waals surface area (Å²) in [6.07, 6.45) is 4.87. The minimum absolute atomic E-state index is 0.0801. The van der Waals surface area contributed by atoms with Crippen molar-refractivity contribution < 1.29 is 5.11 Å². The largest absolute Gasteiger partial charge is 0.385 e. The second-order valence-electron chi connectivity index (χ2n) is 7.71. The molecule has 0 bridgehead atoms. The molecule has 0 unspecified atom stereocenters. The van der Waals surface area contributed by atoms with Crippen molar-refractivity contribution in [3.05, 3.63) is 70.2 Å². The van der Waals surface area contributed by atoms with Gasteiger partial charge in [-0.2, -0.15) is 0 Å². The summed E-state index contributed by atoms with van der Waals surface area (Å²) in [6.45, 7) is 7.55. The lowest BCUT2D eigenvalue weighted by atomic mass is 9.73. The summed E-state index contributed by atoms with van der Waals surface area (Å²) in [4.78, 5) is 2.43. The van der Waals surface area contributed by atoms with Crippen molar-refractivity contribution in [1.82, 2.24) is 4.90 Å². The lowest BCUT2D eigenvalue weighted by molar-refractivity contribution is -0.00670. The highest BCUT2D eigenvalue weighted by molar-refractivity contribution is 6.30. The van der Waals surface area contributed by atoms with Gasteiger partial charge in [0.25, 0.3) is 0 Å². The number of nitrogens with zero attached hydrogens (tertiary/aromatic N) is 1. The number of fused-ring (bicyclic) bond motifs is 1. The maximum Gasteiger partial charge on any atom is 0.0967 e. The van der Waals surface area contributed by atoms with Gasteiger partial charge < -0.3 is 10.0 Å². The normalized spacial score (nSPS) is 22.5. The number of rotatable bonds is 7. The minimum atomic E-state index is -0.842. The molecule has 2 aromatic carbocycles. The zero-order valence-corrected chi connectivity index (χ0v) is 17.4. The second kappa shape index (κ2) is 9.23. The van der Waals surface area contributed by atoms with Crippen LogP contribution in [-0.2, 0) is 12.0 Å². The van der Waals surface area contributed by atoms with Crippen LogP contribution in [0, 0.1) is 0 Å². The molecular formula is C24H32ClNO. The topological polar surface area (TPSA) is 23.5 Å². The van der Waals surface area contributed by atoms with Gasteiger partial charge in [0, 0.05) is 10.9 Å². The van der Waals surface area contributed by atoms with Crippen LogP contribution in [0.1, 0.15) is 62.1 Å². The van der Waals surface area contributed by atoms with E-state index >= 15 is 0 Å². The molecule has 27 heavy (non-hydrogen) atoms. The van der Waals surface area contributed by atoms with Gasteiger partial charge in [-0.25, -0.2) is 0 Å². The highest BCUT2D eigenvalue weighted by Gasteiger charge is 2.41. The summed E-state index contributed by atoms with van der Waals surface area (Å²) in [6, 6.07) is 16.6. The quantitative estimate of drug-likeness (QED) is 0.611. The maximum atomic E-state index is 12.1. The third-order valence-corrected chi connectivity index (χ3v) is 6.41. The fourth-order valence-electron chi connectivity index (χ4n) is 4.67. The molecule has 2 nitrogen and oxygen atoms in total. The molecular weight excluding hydrogens is 354 g/mol. The Labute approximate surface area is 169 Å². The Morgan fingerprint density at radius 1 is 1.11 bits per heavy atom. The molecule has 3 heteroatoms. The molecule has 0 saturated heterocycles. The van der Waals surface area contributed by atoms with Crippen molar-refractivity contribution in [2.24, 2.45) is 0 Å². The molecule has 0 heterocycles. The maximum absolute atomic E-state index is 12.1. The molecule has 146 valence electrons. The van der Waals surface area contributed by atoms with E-state index in [9.17, 15) is 5.11 Å². The van der Waals surface area contributed by atoms with Gasteiger partial charge in [0.05, 0.1) is 5.60 Å². The number of halogens is 1. The van der Waals surface area contributed by atoms with Crippen LogP contribution in [0.3, 0.4) is 0 Å². The van der Waals surface area contributed by atoms with E-state index in [1.807, 2.05) is 18.2 Å². The first-order chi connectivity index (χ1) is 13.1. The minimum Gasteiger partial charge on any atom is -0.385 e. The molecule has 0 saturated carbocycles. The molecule has 0 aromatic heterocycles. The Hall–Kier alpha value is -1.35.